The van der Waals surface area contributed by atoms with Crippen LogP contribution in [0.1, 0.15) is 12.5 Å². The molecule has 1 aromatic heterocycles. The third kappa shape index (κ3) is 4.23. The average Bonchev–Trinajstić information content (AvgIpc) is 2.29. The van der Waals surface area contributed by atoms with E-state index in [1.165, 1.54) is 5.56 Å². The first kappa shape index (κ1) is 11.9. The van der Waals surface area contributed by atoms with E-state index in [-0.39, 0.29) is 0 Å². The van der Waals surface area contributed by atoms with Gasteiger partial charge in [0.25, 0.3) is 0 Å². The summed E-state index contributed by atoms with van der Waals surface area (Å²) in [5, 5.41) is 0. The molecule has 3 nitrogen and oxygen atoms in total. The summed E-state index contributed by atoms with van der Waals surface area (Å²) in [7, 11) is 0. The molecule has 82 valence electrons. The molecule has 0 saturated heterocycles. The first-order valence-corrected chi connectivity index (χ1v) is 5.24. The molecular weight excluding hydrogens is 186 g/mol. The molecule has 0 spiro atoms. The van der Waals surface area contributed by atoms with Crippen LogP contribution in [0.2, 0.25) is 0 Å². The summed E-state index contributed by atoms with van der Waals surface area (Å²) in [6.07, 6.45) is 3.64. The summed E-state index contributed by atoms with van der Waals surface area (Å²) < 4.78 is 0. The highest BCUT2D eigenvalue weighted by Crippen LogP contribution is 2.04. The van der Waals surface area contributed by atoms with Crippen LogP contribution < -0.4 is 5.73 Å². The van der Waals surface area contributed by atoms with Crippen LogP contribution in [-0.4, -0.2) is 29.5 Å². The van der Waals surface area contributed by atoms with Crippen LogP contribution in [0.15, 0.2) is 36.7 Å². The van der Waals surface area contributed by atoms with E-state index >= 15 is 0 Å². The number of pyridine rings is 1. The fraction of sp³-hybridized carbons (Fsp3) is 0.417. The van der Waals surface area contributed by atoms with Gasteiger partial charge in [-0.25, -0.2) is 0 Å². The van der Waals surface area contributed by atoms with Crippen molar-refractivity contribution in [2.24, 2.45) is 5.73 Å². The summed E-state index contributed by atoms with van der Waals surface area (Å²) in [6.45, 7) is 9.43. The second kappa shape index (κ2) is 6.32. The van der Waals surface area contributed by atoms with Crippen molar-refractivity contribution in [3.05, 3.63) is 42.2 Å². The quantitative estimate of drug-likeness (QED) is 0.714. The molecule has 3 heteroatoms. The van der Waals surface area contributed by atoms with Gasteiger partial charge in [0.1, 0.15) is 0 Å². The topological polar surface area (TPSA) is 42.1 Å². The predicted octanol–water partition coefficient (Wildman–Crippen LogP) is 1.42. The van der Waals surface area contributed by atoms with E-state index in [2.05, 4.69) is 23.4 Å². The van der Waals surface area contributed by atoms with Crippen molar-refractivity contribution in [3.63, 3.8) is 0 Å². The maximum Gasteiger partial charge on any atom is 0.0271 e. The van der Waals surface area contributed by atoms with Crippen LogP contribution in [0.25, 0.3) is 0 Å². The van der Waals surface area contributed by atoms with E-state index in [9.17, 15) is 0 Å². The van der Waals surface area contributed by atoms with E-state index in [1.54, 1.807) is 0 Å². The lowest BCUT2D eigenvalue weighted by Gasteiger charge is -2.21. The van der Waals surface area contributed by atoms with Crippen LogP contribution in [0.5, 0.6) is 0 Å². The Morgan fingerprint density at radius 3 is 2.67 bits per heavy atom. The number of aromatic nitrogens is 1. The van der Waals surface area contributed by atoms with Crippen LogP contribution in [0.4, 0.5) is 0 Å². The van der Waals surface area contributed by atoms with E-state index in [1.807, 2.05) is 24.5 Å². The van der Waals surface area contributed by atoms with E-state index < -0.39 is 0 Å². The standard InChI is InChI=1S/C12H19N3/c1-3-15(9-11(2)8-13)10-12-4-6-14-7-5-12/h4-7H,2-3,8-10,13H2,1H3. The second-order valence-corrected chi connectivity index (χ2v) is 3.61. The van der Waals surface area contributed by atoms with E-state index in [0.29, 0.717) is 6.54 Å². The Kier molecular flexibility index (Phi) is 5.01. The highest BCUT2D eigenvalue weighted by molar-refractivity contribution is 5.10. The molecule has 15 heavy (non-hydrogen) atoms. The maximum absolute atomic E-state index is 5.53. The fourth-order valence-electron chi connectivity index (χ4n) is 1.41. The molecule has 1 aromatic rings. The van der Waals surface area contributed by atoms with Gasteiger partial charge in [-0.2, -0.15) is 0 Å². The fourth-order valence-corrected chi connectivity index (χ4v) is 1.41. The van der Waals surface area contributed by atoms with Crippen molar-refractivity contribution in [3.8, 4) is 0 Å². The molecule has 0 atom stereocenters. The van der Waals surface area contributed by atoms with Crippen LogP contribution in [0, 0.1) is 0 Å². The Hall–Kier alpha value is -1.19. The Morgan fingerprint density at radius 2 is 2.13 bits per heavy atom. The molecule has 1 rings (SSSR count). The average molecular weight is 205 g/mol. The number of rotatable bonds is 6. The third-order valence-electron chi connectivity index (χ3n) is 2.34. The molecule has 0 saturated carbocycles. The highest BCUT2D eigenvalue weighted by atomic mass is 15.1. The monoisotopic (exact) mass is 205 g/mol. The number of likely N-dealkylation sites (N-methyl/N-ethyl adjacent to an activating group) is 1. The smallest absolute Gasteiger partial charge is 0.0271 e. The lowest BCUT2D eigenvalue weighted by atomic mass is 10.2. The SMILES string of the molecule is C=C(CN)CN(CC)Cc1ccncc1. The van der Waals surface area contributed by atoms with Crippen molar-refractivity contribution in [2.75, 3.05) is 19.6 Å². The summed E-state index contributed by atoms with van der Waals surface area (Å²) in [5.74, 6) is 0. The summed E-state index contributed by atoms with van der Waals surface area (Å²) in [6, 6.07) is 4.07. The normalized spacial score (nSPS) is 10.6. The van der Waals surface area contributed by atoms with Crippen molar-refractivity contribution >= 4 is 0 Å². The molecule has 0 radical (unpaired) electrons. The summed E-state index contributed by atoms with van der Waals surface area (Å²) in [4.78, 5) is 6.31. The third-order valence-corrected chi connectivity index (χ3v) is 2.34. The molecule has 0 amide bonds. The van der Waals surface area contributed by atoms with Crippen LogP contribution in [-0.2, 0) is 6.54 Å². The van der Waals surface area contributed by atoms with Gasteiger partial charge < -0.3 is 5.73 Å². The van der Waals surface area contributed by atoms with Crippen molar-refractivity contribution in [2.45, 2.75) is 13.5 Å². The number of hydrogen-bond donors (Lipinski definition) is 1. The first-order valence-electron chi connectivity index (χ1n) is 5.24. The van der Waals surface area contributed by atoms with E-state index in [0.717, 1.165) is 25.2 Å². The molecule has 0 aromatic carbocycles. The predicted molar refractivity (Wildman–Crippen MR) is 63.4 cm³/mol. The molecule has 0 unspecified atom stereocenters. The highest BCUT2D eigenvalue weighted by Gasteiger charge is 2.04. The van der Waals surface area contributed by atoms with Crippen molar-refractivity contribution in [1.82, 2.24) is 9.88 Å². The van der Waals surface area contributed by atoms with Gasteiger partial charge in [-0.15, -0.1) is 0 Å². The minimum atomic E-state index is 0.562. The number of nitrogens with two attached hydrogens (primary N) is 1. The first-order chi connectivity index (χ1) is 7.26. The minimum absolute atomic E-state index is 0.562. The lowest BCUT2D eigenvalue weighted by molar-refractivity contribution is 0.303. The number of nitrogens with zero attached hydrogens (tertiary/aromatic N) is 2. The van der Waals surface area contributed by atoms with Crippen LogP contribution >= 0.6 is 0 Å². The zero-order valence-corrected chi connectivity index (χ0v) is 9.32. The van der Waals surface area contributed by atoms with Gasteiger partial charge in [-0.1, -0.05) is 13.5 Å². The van der Waals surface area contributed by atoms with Gasteiger partial charge in [-0.3, -0.25) is 9.88 Å². The second-order valence-electron chi connectivity index (χ2n) is 3.61. The van der Waals surface area contributed by atoms with Crippen LogP contribution in [0.3, 0.4) is 0 Å². The lowest BCUT2D eigenvalue weighted by Crippen LogP contribution is -2.27. The Balaban J connectivity index is 2.50. The van der Waals surface area contributed by atoms with Crippen molar-refractivity contribution in [1.29, 1.82) is 0 Å². The maximum atomic E-state index is 5.53. The summed E-state index contributed by atoms with van der Waals surface area (Å²) >= 11 is 0. The molecular formula is C12H19N3. The molecule has 0 aliphatic carbocycles. The molecule has 2 N–H and O–H groups in total. The van der Waals surface area contributed by atoms with Gasteiger partial charge in [0.2, 0.25) is 0 Å². The summed E-state index contributed by atoms with van der Waals surface area (Å²) in [5.41, 5.74) is 7.88. The Bertz CT molecular complexity index is 295. The van der Waals surface area contributed by atoms with Gasteiger partial charge in [0.15, 0.2) is 0 Å². The Morgan fingerprint density at radius 1 is 1.47 bits per heavy atom. The van der Waals surface area contributed by atoms with Crippen molar-refractivity contribution < 1.29 is 0 Å². The van der Waals surface area contributed by atoms with Gasteiger partial charge in [0, 0.05) is 32.0 Å². The van der Waals surface area contributed by atoms with Gasteiger partial charge in [-0.05, 0) is 29.8 Å². The van der Waals surface area contributed by atoms with E-state index in [4.69, 9.17) is 5.73 Å². The largest absolute Gasteiger partial charge is 0.327 e. The molecule has 0 aliphatic heterocycles. The van der Waals surface area contributed by atoms with Gasteiger partial charge in [0.05, 0.1) is 0 Å². The minimum Gasteiger partial charge on any atom is -0.327 e. The number of hydrogen-bond acceptors (Lipinski definition) is 3. The molecule has 0 fully saturated rings. The molecule has 0 aliphatic rings. The zero-order valence-electron chi connectivity index (χ0n) is 9.32. The zero-order chi connectivity index (χ0) is 11.1. The molecule has 1 heterocycles. The molecule has 0 bridgehead atoms. The van der Waals surface area contributed by atoms with Gasteiger partial charge >= 0.3 is 0 Å². The Labute approximate surface area is 91.6 Å².